The van der Waals surface area contributed by atoms with E-state index in [1.807, 2.05) is 38.1 Å². The van der Waals surface area contributed by atoms with Gasteiger partial charge >= 0.3 is 5.97 Å². The fourth-order valence-electron chi connectivity index (χ4n) is 5.21. The molecule has 37 heavy (non-hydrogen) atoms. The van der Waals surface area contributed by atoms with Crippen molar-refractivity contribution in [1.82, 2.24) is 4.98 Å². The standard InChI is InChI=1S/C31H37FN2O3/c1-5-31(4)15-17-34(18-16-31)30-27(20-28(35)36)21(2)33-22(3)29(30)24-8-12-26(13-9-24)37-19-14-23-6-10-25(32)11-7-23/h6-13H,5,14-20H2,1-4H3,(H,35,36). The number of aliphatic carboxylic acids is 1. The molecular formula is C31H37FN2O3. The first-order valence-electron chi connectivity index (χ1n) is 13.1. The maximum Gasteiger partial charge on any atom is 0.307 e. The molecule has 0 radical (unpaired) electrons. The van der Waals surface area contributed by atoms with Gasteiger partial charge in [0.1, 0.15) is 11.6 Å². The minimum Gasteiger partial charge on any atom is -0.493 e. The van der Waals surface area contributed by atoms with E-state index in [1.54, 1.807) is 12.1 Å². The van der Waals surface area contributed by atoms with Crippen LogP contribution in [0.2, 0.25) is 0 Å². The Morgan fingerprint density at radius 3 is 2.30 bits per heavy atom. The normalized spacial score (nSPS) is 15.0. The number of benzene rings is 2. The van der Waals surface area contributed by atoms with Crippen LogP contribution in [0.5, 0.6) is 5.75 Å². The van der Waals surface area contributed by atoms with E-state index in [4.69, 9.17) is 9.72 Å². The van der Waals surface area contributed by atoms with Gasteiger partial charge in [0, 0.05) is 42.0 Å². The second kappa shape index (κ2) is 11.3. The zero-order chi connectivity index (χ0) is 26.6. The number of hydrogen-bond donors (Lipinski definition) is 1. The number of aryl methyl sites for hydroxylation is 2. The van der Waals surface area contributed by atoms with E-state index < -0.39 is 5.97 Å². The summed E-state index contributed by atoms with van der Waals surface area (Å²) in [5.41, 5.74) is 6.84. The van der Waals surface area contributed by atoms with Gasteiger partial charge in [-0.25, -0.2) is 4.39 Å². The smallest absolute Gasteiger partial charge is 0.307 e. The molecule has 4 rings (SSSR count). The van der Waals surface area contributed by atoms with Crippen LogP contribution in [0.25, 0.3) is 11.1 Å². The second-order valence-corrected chi connectivity index (χ2v) is 10.5. The summed E-state index contributed by atoms with van der Waals surface area (Å²) in [5, 5.41) is 9.70. The number of carbonyl (C=O) groups is 1. The predicted molar refractivity (Wildman–Crippen MR) is 146 cm³/mol. The summed E-state index contributed by atoms with van der Waals surface area (Å²) in [4.78, 5) is 19.0. The van der Waals surface area contributed by atoms with Crippen molar-refractivity contribution in [1.29, 1.82) is 0 Å². The highest BCUT2D eigenvalue weighted by atomic mass is 19.1. The van der Waals surface area contributed by atoms with Crippen LogP contribution in [-0.4, -0.2) is 35.8 Å². The average Bonchev–Trinajstić information content (AvgIpc) is 2.88. The Morgan fingerprint density at radius 2 is 1.70 bits per heavy atom. The van der Waals surface area contributed by atoms with Crippen LogP contribution < -0.4 is 9.64 Å². The van der Waals surface area contributed by atoms with E-state index in [9.17, 15) is 14.3 Å². The molecule has 1 fully saturated rings. The molecule has 1 N–H and O–H groups in total. The van der Waals surface area contributed by atoms with Gasteiger partial charge in [0.15, 0.2) is 0 Å². The summed E-state index contributed by atoms with van der Waals surface area (Å²) < 4.78 is 19.1. The highest BCUT2D eigenvalue weighted by molar-refractivity contribution is 5.86. The summed E-state index contributed by atoms with van der Waals surface area (Å²) in [6.07, 6.45) is 3.95. The van der Waals surface area contributed by atoms with E-state index >= 15 is 0 Å². The summed E-state index contributed by atoms with van der Waals surface area (Å²) in [6.45, 7) is 10.8. The molecule has 0 atom stereocenters. The van der Waals surface area contributed by atoms with Crippen LogP contribution in [0.3, 0.4) is 0 Å². The molecule has 0 saturated carbocycles. The number of halogens is 1. The van der Waals surface area contributed by atoms with Crippen LogP contribution in [-0.2, 0) is 17.6 Å². The first-order valence-corrected chi connectivity index (χ1v) is 13.1. The number of piperidine rings is 1. The van der Waals surface area contributed by atoms with E-state index in [2.05, 4.69) is 18.7 Å². The molecule has 0 bridgehead atoms. The molecule has 2 aromatic carbocycles. The summed E-state index contributed by atoms with van der Waals surface area (Å²) in [6, 6.07) is 14.4. The van der Waals surface area contributed by atoms with Crippen molar-refractivity contribution in [2.45, 2.75) is 59.8 Å². The molecule has 2 heterocycles. The minimum absolute atomic E-state index is 0.0480. The van der Waals surface area contributed by atoms with Crippen molar-refractivity contribution in [2.75, 3.05) is 24.6 Å². The van der Waals surface area contributed by atoms with E-state index in [0.717, 1.165) is 77.4 Å². The van der Waals surface area contributed by atoms with E-state index in [-0.39, 0.29) is 12.2 Å². The largest absolute Gasteiger partial charge is 0.493 e. The van der Waals surface area contributed by atoms with Gasteiger partial charge in [-0.1, -0.05) is 44.5 Å². The van der Waals surface area contributed by atoms with Gasteiger partial charge in [0.25, 0.3) is 0 Å². The molecular weight excluding hydrogens is 467 g/mol. The van der Waals surface area contributed by atoms with Crippen LogP contribution in [0.1, 0.15) is 55.6 Å². The van der Waals surface area contributed by atoms with E-state index in [1.165, 1.54) is 12.1 Å². The number of ether oxygens (including phenoxy) is 1. The molecule has 196 valence electrons. The fraction of sp³-hybridized carbons (Fsp3) is 0.419. The minimum atomic E-state index is -0.846. The van der Waals surface area contributed by atoms with Crippen LogP contribution >= 0.6 is 0 Å². The Balaban J connectivity index is 1.61. The summed E-state index contributed by atoms with van der Waals surface area (Å²) in [5.74, 6) is -0.329. The molecule has 0 spiro atoms. The fourth-order valence-corrected chi connectivity index (χ4v) is 5.21. The molecule has 1 aliphatic rings. The van der Waals surface area contributed by atoms with Gasteiger partial charge in [0.2, 0.25) is 0 Å². The van der Waals surface area contributed by atoms with Gasteiger partial charge in [-0.3, -0.25) is 9.78 Å². The lowest BCUT2D eigenvalue weighted by atomic mass is 9.78. The van der Waals surface area contributed by atoms with Crippen LogP contribution in [0.4, 0.5) is 10.1 Å². The van der Waals surface area contributed by atoms with Crippen LogP contribution in [0, 0.1) is 25.1 Å². The summed E-state index contributed by atoms with van der Waals surface area (Å²) in [7, 11) is 0. The van der Waals surface area contributed by atoms with Crippen molar-refractivity contribution in [2.24, 2.45) is 5.41 Å². The Kier molecular flexibility index (Phi) is 8.16. The second-order valence-electron chi connectivity index (χ2n) is 10.5. The predicted octanol–water partition coefficient (Wildman–Crippen LogP) is 6.77. The number of rotatable bonds is 9. The maximum absolute atomic E-state index is 13.1. The number of aromatic nitrogens is 1. The molecule has 0 aliphatic carbocycles. The third-order valence-electron chi connectivity index (χ3n) is 7.84. The first kappa shape index (κ1) is 26.6. The molecule has 1 aromatic heterocycles. The monoisotopic (exact) mass is 504 g/mol. The highest BCUT2D eigenvalue weighted by Gasteiger charge is 2.31. The molecule has 1 aliphatic heterocycles. The van der Waals surface area contributed by atoms with Crippen molar-refractivity contribution in [3.63, 3.8) is 0 Å². The number of anilines is 1. The third-order valence-corrected chi connectivity index (χ3v) is 7.84. The average molecular weight is 505 g/mol. The maximum atomic E-state index is 13.1. The lowest BCUT2D eigenvalue weighted by Gasteiger charge is -2.41. The molecule has 3 aromatic rings. The van der Waals surface area contributed by atoms with Gasteiger partial charge < -0.3 is 14.7 Å². The van der Waals surface area contributed by atoms with Gasteiger partial charge in [-0.2, -0.15) is 0 Å². The van der Waals surface area contributed by atoms with Gasteiger partial charge in [0.05, 0.1) is 18.7 Å². The van der Waals surface area contributed by atoms with Crippen molar-refractivity contribution < 1.29 is 19.0 Å². The van der Waals surface area contributed by atoms with Crippen molar-refractivity contribution >= 4 is 11.7 Å². The molecule has 5 nitrogen and oxygen atoms in total. The zero-order valence-corrected chi connectivity index (χ0v) is 22.3. The number of pyridine rings is 1. The quantitative estimate of drug-likeness (QED) is 0.348. The first-order chi connectivity index (χ1) is 17.7. The number of carboxylic acid groups (broad SMARTS) is 1. The van der Waals surface area contributed by atoms with Gasteiger partial charge in [-0.05, 0) is 67.5 Å². The Morgan fingerprint density at radius 1 is 1.05 bits per heavy atom. The van der Waals surface area contributed by atoms with Crippen LogP contribution in [0.15, 0.2) is 48.5 Å². The topological polar surface area (TPSA) is 62.7 Å². The number of nitrogens with zero attached hydrogens (tertiary/aromatic N) is 2. The Hall–Kier alpha value is -3.41. The lowest BCUT2D eigenvalue weighted by molar-refractivity contribution is -0.136. The van der Waals surface area contributed by atoms with Crippen molar-refractivity contribution in [3.05, 3.63) is 76.9 Å². The van der Waals surface area contributed by atoms with E-state index in [0.29, 0.717) is 18.4 Å². The Labute approximate surface area is 219 Å². The zero-order valence-electron chi connectivity index (χ0n) is 22.3. The molecule has 1 saturated heterocycles. The highest BCUT2D eigenvalue weighted by Crippen LogP contribution is 2.42. The molecule has 0 unspecified atom stereocenters. The third kappa shape index (κ3) is 6.30. The molecule has 6 heteroatoms. The lowest BCUT2D eigenvalue weighted by Crippen LogP contribution is -2.39. The van der Waals surface area contributed by atoms with Gasteiger partial charge in [-0.15, -0.1) is 0 Å². The Bertz CT molecular complexity index is 1230. The number of hydrogen-bond acceptors (Lipinski definition) is 4. The SMILES string of the molecule is CCC1(C)CCN(c2c(CC(=O)O)c(C)nc(C)c2-c2ccc(OCCc3ccc(F)cc3)cc2)CC1. The number of carboxylic acids is 1. The summed E-state index contributed by atoms with van der Waals surface area (Å²) >= 11 is 0. The van der Waals surface area contributed by atoms with Crippen molar-refractivity contribution in [3.8, 4) is 16.9 Å². The molecule has 0 amide bonds.